The van der Waals surface area contributed by atoms with Gasteiger partial charge in [-0.1, -0.05) is 122 Å². The van der Waals surface area contributed by atoms with Crippen LogP contribution >= 0.6 is 11.3 Å². The van der Waals surface area contributed by atoms with Crippen LogP contribution in [0, 0.1) is 30.2 Å². The Morgan fingerprint density at radius 2 is 1.50 bits per heavy atom. The van der Waals surface area contributed by atoms with Crippen LogP contribution in [0.15, 0.2) is 60.4 Å². The van der Waals surface area contributed by atoms with E-state index in [0.29, 0.717) is 0 Å². The summed E-state index contributed by atoms with van der Waals surface area (Å²) in [6.07, 6.45) is 5.98. The third-order valence-electron chi connectivity index (χ3n) is 10.1. The van der Waals surface area contributed by atoms with Crippen LogP contribution in [0.1, 0.15) is 110 Å². The third kappa shape index (κ3) is 7.07. The molecule has 3 nitrogen and oxygen atoms in total. The van der Waals surface area contributed by atoms with Gasteiger partial charge in [0.25, 0.3) is 0 Å². The van der Waals surface area contributed by atoms with E-state index in [1.165, 1.54) is 59.5 Å². The van der Waals surface area contributed by atoms with Gasteiger partial charge in [-0.2, -0.15) is 0 Å². The number of hydrogen-bond acceptors (Lipinski definition) is 4. The van der Waals surface area contributed by atoms with Crippen LogP contribution in [0.3, 0.4) is 0 Å². The van der Waals surface area contributed by atoms with Crippen molar-refractivity contribution >= 4 is 48.9 Å². The third-order valence-corrected chi connectivity index (χ3v) is 11.3. The van der Waals surface area contributed by atoms with Crippen molar-refractivity contribution < 1.29 is 30.0 Å². The van der Waals surface area contributed by atoms with E-state index in [0.717, 1.165) is 43.3 Å². The number of nitrogens with zero attached hydrogens (tertiary/aromatic N) is 1. The number of para-hydroxylation sites is 1. The van der Waals surface area contributed by atoms with Crippen molar-refractivity contribution in [2.24, 2.45) is 17.3 Å². The summed E-state index contributed by atoms with van der Waals surface area (Å²) >= 11 is 1.99. The fraction of sp³-hybridized carbons (Fsp3) is 0.442. The molecule has 2 heterocycles. The van der Waals surface area contributed by atoms with E-state index in [2.05, 4.69) is 96.1 Å². The Hall–Kier alpha value is -2.85. The molecule has 2 aromatic heterocycles. The summed E-state index contributed by atoms with van der Waals surface area (Å²) < 4.78 is 1.39. The van der Waals surface area contributed by atoms with E-state index in [4.69, 9.17) is 4.98 Å². The smallest absolute Gasteiger partial charge is 0.162 e. The Bertz CT molecular complexity index is 1970. The van der Waals surface area contributed by atoms with Gasteiger partial charge in [-0.3, -0.25) is 9.78 Å². The molecule has 257 valence electrons. The van der Waals surface area contributed by atoms with Gasteiger partial charge < -0.3 is 5.11 Å². The number of thiophene rings is 1. The van der Waals surface area contributed by atoms with Crippen LogP contribution in [0.4, 0.5) is 0 Å². The first-order valence-electron chi connectivity index (χ1n) is 17.5. The number of carbonyl (C=O) groups is 1. The van der Waals surface area contributed by atoms with Gasteiger partial charge in [0.2, 0.25) is 0 Å². The molecule has 0 spiro atoms. The molecule has 5 heteroatoms. The largest absolute Gasteiger partial charge is 0.512 e. The van der Waals surface area contributed by atoms with Gasteiger partial charge in [0, 0.05) is 58.7 Å². The first-order valence-corrected chi connectivity index (χ1v) is 18.3. The number of hydrogen-bond donors (Lipinski definition) is 1. The molecule has 1 aliphatic carbocycles. The Kier molecular flexibility index (Phi) is 11.8. The number of rotatable bonds is 8. The molecule has 1 radical (unpaired) electrons. The first-order chi connectivity index (χ1) is 22.3. The maximum absolute atomic E-state index is 11.7. The molecule has 1 aliphatic rings. The molecule has 0 fully saturated rings. The Balaban J connectivity index is 0.000000279. The van der Waals surface area contributed by atoms with Crippen LogP contribution in [0.2, 0.25) is 0 Å². The van der Waals surface area contributed by atoms with E-state index < -0.39 is 0 Å². The molecule has 0 saturated heterocycles. The van der Waals surface area contributed by atoms with Crippen molar-refractivity contribution in [2.45, 2.75) is 107 Å². The van der Waals surface area contributed by atoms with E-state index in [1.807, 2.05) is 39.0 Å². The van der Waals surface area contributed by atoms with Crippen LogP contribution in [-0.4, -0.2) is 15.9 Å². The molecule has 0 atom stereocenters. The van der Waals surface area contributed by atoms with Gasteiger partial charge in [-0.15, -0.1) is 34.4 Å². The first kappa shape index (κ1) is 38.0. The average molecular weight is 839 g/mol. The minimum Gasteiger partial charge on any atom is -0.512 e. The second-order valence-corrected chi connectivity index (χ2v) is 16.1. The Morgan fingerprint density at radius 3 is 2.10 bits per heavy atom. The number of fused-ring (bicyclic) bond motifs is 5. The quantitative estimate of drug-likeness (QED) is 0.0962. The zero-order chi connectivity index (χ0) is 34.3. The summed E-state index contributed by atoms with van der Waals surface area (Å²) in [6, 6.07) is 21.1. The monoisotopic (exact) mass is 839 g/mol. The van der Waals surface area contributed by atoms with E-state index >= 15 is 0 Å². The molecule has 48 heavy (non-hydrogen) atoms. The minimum atomic E-state index is -0.101. The van der Waals surface area contributed by atoms with Gasteiger partial charge in [-0.25, -0.2) is 0 Å². The number of aliphatic hydroxyl groups excluding tert-OH is 1. The topological polar surface area (TPSA) is 50.2 Å². The summed E-state index contributed by atoms with van der Waals surface area (Å²) in [5.74, 6) is 0.547. The molecule has 1 N–H and O–H groups in total. The summed E-state index contributed by atoms with van der Waals surface area (Å²) in [5.41, 5.74) is 7.75. The van der Waals surface area contributed by atoms with Crippen molar-refractivity contribution in [2.75, 3.05) is 0 Å². The number of carbonyl (C=O) groups excluding carboxylic acids is 1. The van der Waals surface area contributed by atoms with Crippen molar-refractivity contribution in [1.82, 2.24) is 4.98 Å². The summed E-state index contributed by atoms with van der Waals surface area (Å²) in [4.78, 5) is 18.5. The fourth-order valence-electron chi connectivity index (χ4n) is 7.58. The molecular formula is C43H52IrNO2S-. The number of pyridine rings is 1. The van der Waals surface area contributed by atoms with Crippen LogP contribution in [0.25, 0.3) is 43.0 Å². The van der Waals surface area contributed by atoms with E-state index in [1.54, 1.807) is 0 Å². The van der Waals surface area contributed by atoms with Gasteiger partial charge in [-0.05, 0) is 60.0 Å². The Morgan fingerprint density at radius 1 is 0.917 bits per heavy atom. The zero-order valence-electron chi connectivity index (χ0n) is 30.4. The molecule has 5 aromatic rings. The molecule has 3 aromatic carbocycles. The number of ketones is 1. The van der Waals surface area contributed by atoms with Crippen LogP contribution in [-0.2, 0) is 36.7 Å². The van der Waals surface area contributed by atoms with Crippen LogP contribution in [0.5, 0.6) is 0 Å². The maximum Gasteiger partial charge on any atom is 0.162 e. The number of aliphatic hydroxyl groups is 1. The number of allylic oxidation sites excluding steroid dienone is 2. The molecule has 0 saturated carbocycles. The molecule has 6 rings (SSSR count). The van der Waals surface area contributed by atoms with Crippen molar-refractivity contribution in [3.63, 3.8) is 0 Å². The molecule has 0 unspecified atom stereocenters. The number of benzene rings is 3. The van der Waals surface area contributed by atoms with E-state index in [9.17, 15) is 9.90 Å². The van der Waals surface area contributed by atoms with Crippen LogP contribution < -0.4 is 0 Å². The van der Waals surface area contributed by atoms with Gasteiger partial charge in [0.05, 0.1) is 11.3 Å². The minimum absolute atomic E-state index is 0. The van der Waals surface area contributed by atoms with Gasteiger partial charge in [0.1, 0.15) is 0 Å². The fourth-order valence-corrected chi connectivity index (χ4v) is 9.38. The molecule has 0 aliphatic heterocycles. The predicted molar refractivity (Wildman–Crippen MR) is 203 cm³/mol. The second kappa shape index (κ2) is 15.0. The average Bonchev–Trinajstić information content (AvgIpc) is 3.40. The van der Waals surface area contributed by atoms with Crippen molar-refractivity contribution in [3.05, 3.63) is 88.0 Å². The molecule has 0 bridgehead atoms. The predicted octanol–water partition coefficient (Wildman–Crippen LogP) is 12.5. The summed E-state index contributed by atoms with van der Waals surface area (Å²) in [6.45, 7) is 22.2. The zero-order valence-corrected chi connectivity index (χ0v) is 33.6. The van der Waals surface area contributed by atoms with Gasteiger partial charge >= 0.3 is 0 Å². The standard InChI is InChI=1S/C30H28NS.C13H24O2.Ir/c1-17-19-12-8-7-11-18(19)15-21-25(17)30(5,6)26-23(16-29(2,3)4)32-28-20-13-9-10-14-22(20)31-27(21)24(26)28;1-5-10(6-2)12(14)9-13(15)11(7-3)8-4;/h7-14H,16H2,1-6H3;9-11,14H,5-8H2,1-4H3;/q-1;;/b;12-9-;. The number of aromatic nitrogens is 1. The normalized spacial score (nSPS) is 13.9. The van der Waals surface area contributed by atoms with E-state index in [-0.39, 0.29) is 54.3 Å². The molecule has 0 amide bonds. The SMILES string of the molecule is CCC(CC)C(=O)/C=C(\O)C(CC)CC.Cc1c2c([c-]c3ccccc13)-c1nc3ccccc3c3sc(CC(C)(C)C)c(c13)C2(C)C.[Ir]. The molecular weight excluding hydrogens is 787 g/mol. The van der Waals surface area contributed by atoms with Crippen molar-refractivity contribution in [1.29, 1.82) is 0 Å². The van der Waals surface area contributed by atoms with Crippen molar-refractivity contribution in [3.8, 4) is 11.3 Å². The second-order valence-electron chi connectivity index (χ2n) is 15.0. The maximum atomic E-state index is 11.7. The van der Waals surface area contributed by atoms with Gasteiger partial charge in [0.15, 0.2) is 5.78 Å². The summed E-state index contributed by atoms with van der Waals surface area (Å²) in [5, 5.41) is 14.9. The number of aryl methyl sites for hydroxylation is 1. The Labute approximate surface area is 305 Å². The summed E-state index contributed by atoms with van der Waals surface area (Å²) in [7, 11) is 0.